The summed E-state index contributed by atoms with van der Waals surface area (Å²) in [7, 11) is -4.29. The van der Waals surface area contributed by atoms with Crippen LogP contribution in [0.25, 0.3) is 0 Å². The molecule has 6 nitrogen and oxygen atoms in total. The average Bonchev–Trinajstić information content (AvgIpc) is 2.82. The molecule has 0 spiro atoms. The van der Waals surface area contributed by atoms with Gasteiger partial charge in [0, 0.05) is 6.42 Å². The number of unbranched alkanes of at least 4 members (excludes halogenated alkanes) is 10. The van der Waals surface area contributed by atoms with Crippen LogP contribution in [0.5, 0.6) is 0 Å². The maximum Gasteiger partial charge on any atom is 0.266 e. The summed E-state index contributed by atoms with van der Waals surface area (Å²) in [5.41, 5.74) is 0. The molecule has 210 valence electrons. The molecule has 0 aliphatic carbocycles. The second kappa shape index (κ2) is 23.9. The van der Waals surface area contributed by atoms with Crippen molar-refractivity contribution in [1.29, 1.82) is 0 Å². The van der Waals surface area contributed by atoms with Crippen molar-refractivity contribution in [3.05, 3.63) is 36.5 Å². The molecule has 0 rings (SSSR count). The highest BCUT2D eigenvalue weighted by molar-refractivity contribution is 7.85. The molecule has 0 saturated heterocycles. The van der Waals surface area contributed by atoms with Gasteiger partial charge < -0.3 is 10.4 Å². The Morgan fingerprint density at radius 1 is 0.778 bits per heavy atom. The van der Waals surface area contributed by atoms with Gasteiger partial charge in [0.1, 0.15) is 0 Å². The Kier molecular flexibility index (Phi) is 23.0. The molecule has 0 heterocycles. The van der Waals surface area contributed by atoms with Gasteiger partial charge in [-0.1, -0.05) is 108 Å². The molecule has 0 saturated carbocycles. The van der Waals surface area contributed by atoms with Gasteiger partial charge in [-0.3, -0.25) is 9.35 Å². The lowest BCUT2D eigenvalue weighted by molar-refractivity contribution is -0.122. The van der Waals surface area contributed by atoms with Crippen LogP contribution in [0.15, 0.2) is 36.5 Å². The van der Waals surface area contributed by atoms with Crippen molar-refractivity contribution in [2.75, 3.05) is 5.75 Å². The predicted molar refractivity (Wildman–Crippen MR) is 152 cm³/mol. The van der Waals surface area contributed by atoms with Crippen LogP contribution in [0, 0.1) is 0 Å². The maximum atomic E-state index is 12.3. The molecule has 0 aliphatic rings. The molecule has 0 aromatic rings. The van der Waals surface area contributed by atoms with Crippen LogP contribution in [0.1, 0.15) is 123 Å². The van der Waals surface area contributed by atoms with E-state index in [0.29, 0.717) is 12.8 Å². The van der Waals surface area contributed by atoms with Crippen molar-refractivity contribution < 1.29 is 22.9 Å². The smallest absolute Gasteiger partial charge is 0.266 e. The van der Waals surface area contributed by atoms with Crippen molar-refractivity contribution in [2.45, 2.75) is 135 Å². The van der Waals surface area contributed by atoms with E-state index < -0.39 is 28.0 Å². The van der Waals surface area contributed by atoms with Gasteiger partial charge in [0.05, 0.1) is 17.9 Å². The van der Waals surface area contributed by atoms with E-state index >= 15 is 0 Å². The van der Waals surface area contributed by atoms with Crippen molar-refractivity contribution in [3.8, 4) is 0 Å². The van der Waals surface area contributed by atoms with Gasteiger partial charge in [0.25, 0.3) is 10.1 Å². The molecule has 7 heteroatoms. The molecule has 0 bridgehead atoms. The van der Waals surface area contributed by atoms with Gasteiger partial charge in [-0.05, 0) is 44.9 Å². The minimum absolute atomic E-state index is 0.271. The molecule has 0 aliphatic heterocycles. The topological polar surface area (TPSA) is 104 Å². The molecule has 36 heavy (non-hydrogen) atoms. The molecule has 3 N–H and O–H groups in total. The van der Waals surface area contributed by atoms with Crippen molar-refractivity contribution in [2.24, 2.45) is 0 Å². The third-order valence-corrected chi connectivity index (χ3v) is 6.89. The Hall–Kier alpha value is -1.44. The summed E-state index contributed by atoms with van der Waals surface area (Å²) in [5.74, 6) is -0.929. The zero-order valence-electron chi connectivity index (χ0n) is 22.9. The monoisotopic (exact) mass is 527 g/mol. The van der Waals surface area contributed by atoms with Crippen LogP contribution >= 0.6 is 0 Å². The molecular weight excluding hydrogens is 474 g/mol. The first-order valence-corrected chi connectivity index (χ1v) is 15.8. The number of aliphatic hydroxyl groups excluding tert-OH is 1. The Bertz CT molecular complexity index is 715. The Balaban J connectivity index is 4.03. The lowest BCUT2D eigenvalue weighted by Gasteiger charge is -2.23. The number of carbonyl (C=O) groups is 1. The minimum atomic E-state index is -4.29. The van der Waals surface area contributed by atoms with Gasteiger partial charge in [-0.25, -0.2) is 0 Å². The van der Waals surface area contributed by atoms with Crippen LogP contribution < -0.4 is 5.32 Å². The zero-order chi connectivity index (χ0) is 26.9. The fraction of sp³-hybridized carbons (Fsp3) is 0.759. The molecular formula is C29H53NO5S. The fourth-order valence-electron chi connectivity index (χ4n) is 3.99. The summed E-state index contributed by atoms with van der Waals surface area (Å²) >= 11 is 0. The molecule has 2 atom stereocenters. The normalized spacial score (nSPS) is 14.2. The lowest BCUT2D eigenvalue weighted by Crippen LogP contribution is -2.47. The summed E-state index contributed by atoms with van der Waals surface area (Å²) in [4.78, 5) is 12.3. The largest absolute Gasteiger partial charge is 0.391 e. The van der Waals surface area contributed by atoms with E-state index in [0.717, 1.165) is 89.9 Å². The summed E-state index contributed by atoms with van der Waals surface area (Å²) in [6.07, 6.45) is 28.3. The lowest BCUT2D eigenvalue weighted by atomic mass is 10.0. The number of hydrogen-bond donors (Lipinski definition) is 3. The third kappa shape index (κ3) is 24.3. The van der Waals surface area contributed by atoms with Gasteiger partial charge in [0.15, 0.2) is 0 Å². The average molecular weight is 528 g/mol. The Morgan fingerprint density at radius 2 is 1.33 bits per heavy atom. The van der Waals surface area contributed by atoms with Crippen LogP contribution in [-0.4, -0.2) is 41.9 Å². The second-order valence-electron chi connectivity index (χ2n) is 9.65. The zero-order valence-corrected chi connectivity index (χ0v) is 23.7. The first kappa shape index (κ1) is 34.6. The van der Waals surface area contributed by atoms with Gasteiger partial charge >= 0.3 is 0 Å². The van der Waals surface area contributed by atoms with E-state index in [1.54, 1.807) is 0 Å². The van der Waals surface area contributed by atoms with Crippen molar-refractivity contribution >= 4 is 16.0 Å². The van der Waals surface area contributed by atoms with E-state index in [9.17, 15) is 22.9 Å². The van der Waals surface area contributed by atoms with E-state index in [1.807, 2.05) is 0 Å². The number of aliphatic hydroxyl groups is 1. The highest BCUT2D eigenvalue weighted by Gasteiger charge is 2.25. The maximum absolute atomic E-state index is 12.3. The number of nitrogens with one attached hydrogen (secondary N) is 1. The molecule has 0 radical (unpaired) electrons. The van der Waals surface area contributed by atoms with Crippen LogP contribution in [-0.2, 0) is 14.9 Å². The van der Waals surface area contributed by atoms with Crippen LogP contribution in [0.2, 0.25) is 0 Å². The fourth-order valence-corrected chi connectivity index (χ4v) is 4.75. The van der Waals surface area contributed by atoms with Gasteiger partial charge in [-0.15, -0.1) is 0 Å². The highest BCUT2D eigenvalue weighted by atomic mass is 32.2. The summed E-state index contributed by atoms with van der Waals surface area (Å²) in [5, 5.41) is 13.1. The Morgan fingerprint density at radius 3 is 1.97 bits per heavy atom. The number of rotatable bonds is 24. The number of carbonyl (C=O) groups excluding carboxylic acids is 1. The van der Waals surface area contributed by atoms with Crippen LogP contribution in [0.3, 0.4) is 0 Å². The first-order chi connectivity index (χ1) is 17.3. The second-order valence-corrected chi connectivity index (χ2v) is 11.1. The van der Waals surface area contributed by atoms with Crippen molar-refractivity contribution in [1.82, 2.24) is 5.32 Å². The first-order valence-electron chi connectivity index (χ1n) is 14.2. The predicted octanol–water partition coefficient (Wildman–Crippen LogP) is 7.06. The molecule has 0 fully saturated rings. The van der Waals surface area contributed by atoms with E-state index in [-0.39, 0.29) is 5.91 Å². The molecule has 2 unspecified atom stereocenters. The SMILES string of the molecule is CC/C=C\C/C=C\C/C=C\CCCCCCCC(=O)NC(CS(=O)(=O)O)C(O)CCCCCCCC. The molecule has 1 amide bonds. The molecule has 0 aromatic carbocycles. The summed E-state index contributed by atoms with van der Waals surface area (Å²) in [6, 6.07) is -0.974. The minimum Gasteiger partial charge on any atom is -0.391 e. The quantitative estimate of drug-likeness (QED) is 0.0708. The highest BCUT2D eigenvalue weighted by Crippen LogP contribution is 2.13. The molecule has 0 aromatic heterocycles. The van der Waals surface area contributed by atoms with Crippen LogP contribution in [0.4, 0.5) is 0 Å². The standard InChI is InChI=1S/C29H53NO5S/c1-3-5-7-9-11-12-13-14-15-16-17-18-19-21-23-25-29(32)30-27(26-36(33,34)35)28(31)24-22-20-10-8-6-4-2/h5,7,11-12,14-15,27-28,31H,3-4,6,8-10,13,16-26H2,1-2H3,(H,30,32)(H,33,34,35)/b7-5-,12-11-,15-14-. The van der Waals surface area contributed by atoms with Gasteiger partial charge in [0.2, 0.25) is 5.91 Å². The number of hydrogen-bond acceptors (Lipinski definition) is 4. The summed E-state index contributed by atoms with van der Waals surface area (Å²) in [6.45, 7) is 4.29. The number of allylic oxidation sites excluding steroid dienone is 6. The van der Waals surface area contributed by atoms with Gasteiger partial charge in [-0.2, -0.15) is 8.42 Å². The van der Waals surface area contributed by atoms with E-state index in [4.69, 9.17) is 0 Å². The van der Waals surface area contributed by atoms with E-state index in [1.165, 1.54) is 6.42 Å². The Labute approximate surface area is 221 Å². The summed E-state index contributed by atoms with van der Waals surface area (Å²) < 4.78 is 32.0. The van der Waals surface area contributed by atoms with Crippen molar-refractivity contribution in [3.63, 3.8) is 0 Å². The number of amides is 1. The third-order valence-electron chi connectivity index (χ3n) is 6.11. The van der Waals surface area contributed by atoms with E-state index in [2.05, 4.69) is 55.6 Å².